The van der Waals surface area contributed by atoms with Crippen molar-refractivity contribution in [2.24, 2.45) is 0 Å². The lowest BCUT2D eigenvalue weighted by Crippen LogP contribution is -1.99. The van der Waals surface area contributed by atoms with Gasteiger partial charge in [-0.05, 0) is 91.3 Å². The summed E-state index contributed by atoms with van der Waals surface area (Å²) in [4.78, 5) is 10.4. The van der Waals surface area contributed by atoms with E-state index in [-0.39, 0.29) is 0 Å². The molecular formula is C53H31N5. The maximum absolute atomic E-state index is 5.22. The number of para-hydroxylation sites is 2. The lowest BCUT2D eigenvalue weighted by molar-refractivity contribution is 0.987. The molecule has 0 atom stereocenters. The van der Waals surface area contributed by atoms with Crippen LogP contribution < -0.4 is 0 Å². The van der Waals surface area contributed by atoms with Gasteiger partial charge in [0.15, 0.2) is 5.82 Å². The molecule has 1 aliphatic rings. The predicted molar refractivity (Wildman–Crippen MR) is 238 cm³/mol. The maximum atomic E-state index is 5.22. The van der Waals surface area contributed by atoms with Crippen molar-refractivity contribution in [3.05, 3.63) is 188 Å². The fourth-order valence-corrected chi connectivity index (χ4v) is 9.53. The molecule has 0 radical (unpaired) electrons. The molecule has 9 aromatic carbocycles. The Balaban J connectivity index is 0.995. The first-order valence-electron chi connectivity index (χ1n) is 19.7. The molecule has 0 N–H and O–H groups in total. The average molecular weight is 738 g/mol. The van der Waals surface area contributed by atoms with Gasteiger partial charge in [0.05, 0.1) is 27.9 Å². The molecule has 12 aromatic rings. The number of rotatable bonds is 4. The van der Waals surface area contributed by atoms with Crippen molar-refractivity contribution in [2.45, 2.75) is 0 Å². The molecule has 0 bridgehead atoms. The Morgan fingerprint density at radius 3 is 1.83 bits per heavy atom. The molecule has 0 fully saturated rings. The number of nitrogens with zero attached hydrogens (tertiary/aromatic N) is 5. The molecule has 0 unspecified atom stereocenters. The molecule has 0 saturated heterocycles. The Kier molecular flexibility index (Phi) is 6.38. The van der Waals surface area contributed by atoms with Crippen molar-refractivity contribution in [1.29, 1.82) is 0 Å². The van der Waals surface area contributed by atoms with E-state index in [4.69, 9.17) is 15.1 Å². The fraction of sp³-hybridized carbons (Fsp3) is 0. The highest BCUT2D eigenvalue weighted by Gasteiger charge is 2.26. The molecule has 268 valence electrons. The van der Waals surface area contributed by atoms with Crippen molar-refractivity contribution in [3.8, 4) is 61.7 Å². The number of hydrogen-bond acceptors (Lipinski definition) is 3. The van der Waals surface area contributed by atoms with Gasteiger partial charge in [0.1, 0.15) is 0 Å². The second-order valence-electron chi connectivity index (χ2n) is 15.2. The van der Waals surface area contributed by atoms with Gasteiger partial charge in [0, 0.05) is 27.3 Å². The SMILES string of the molecule is c1ccc2c(c1)-c1cccc3ccc4c(c13)c1c-2cccc1n4-c1ccccc1-c1nc2nc(-c3ccc(-c4ccc5ccccc5c4)cc3)c3ccccc3n2n1. The van der Waals surface area contributed by atoms with Gasteiger partial charge >= 0.3 is 0 Å². The minimum atomic E-state index is 0.559. The Hall–Kier alpha value is -7.89. The van der Waals surface area contributed by atoms with Crippen LogP contribution in [0.4, 0.5) is 0 Å². The molecule has 13 rings (SSSR count). The van der Waals surface area contributed by atoms with Crippen molar-refractivity contribution >= 4 is 60.0 Å². The van der Waals surface area contributed by atoms with Gasteiger partial charge in [-0.25, -0.2) is 4.98 Å². The lowest BCUT2D eigenvalue weighted by atomic mass is 9.93. The van der Waals surface area contributed by atoms with E-state index in [9.17, 15) is 0 Å². The molecule has 0 spiro atoms. The highest BCUT2D eigenvalue weighted by molar-refractivity contribution is 6.30. The van der Waals surface area contributed by atoms with Crippen LogP contribution in [0.2, 0.25) is 0 Å². The number of aromatic nitrogens is 5. The van der Waals surface area contributed by atoms with Crippen LogP contribution in [0.25, 0.3) is 122 Å². The van der Waals surface area contributed by atoms with E-state index in [0.717, 1.165) is 50.0 Å². The van der Waals surface area contributed by atoms with Crippen LogP contribution in [-0.2, 0) is 0 Å². The minimum absolute atomic E-state index is 0.559. The van der Waals surface area contributed by atoms with E-state index in [1.54, 1.807) is 0 Å². The molecular weight excluding hydrogens is 707 g/mol. The third kappa shape index (κ3) is 4.38. The summed E-state index contributed by atoms with van der Waals surface area (Å²) in [5.74, 6) is 1.19. The molecule has 0 aliphatic heterocycles. The third-order valence-corrected chi connectivity index (χ3v) is 12.1. The molecule has 1 aliphatic carbocycles. The van der Waals surface area contributed by atoms with Gasteiger partial charge < -0.3 is 4.57 Å². The van der Waals surface area contributed by atoms with Crippen molar-refractivity contribution in [3.63, 3.8) is 0 Å². The van der Waals surface area contributed by atoms with Gasteiger partial charge in [-0.1, -0.05) is 152 Å². The van der Waals surface area contributed by atoms with E-state index in [0.29, 0.717) is 11.6 Å². The summed E-state index contributed by atoms with van der Waals surface area (Å²) in [6, 6.07) is 67.5. The molecule has 5 heteroatoms. The van der Waals surface area contributed by atoms with Crippen LogP contribution in [-0.4, -0.2) is 24.1 Å². The van der Waals surface area contributed by atoms with E-state index in [1.807, 2.05) is 4.52 Å². The van der Waals surface area contributed by atoms with Crippen LogP contribution in [0.1, 0.15) is 0 Å². The van der Waals surface area contributed by atoms with Gasteiger partial charge in [0.25, 0.3) is 5.78 Å². The molecule has 58 heavy (non-hydrogen) atoms. The van der Waals surface area contributed by atoms with E-state index < -0.39 is 0 Å². The summed E-state index contributed by atoms with van der Waals surface area (Å²) in [5, 5.41) is 13.8. The van der Waals surface area contributed by atoms with Gasteiger partial charge in [-0.3, -0.25) is 0 Å². The van der Waals surface area contributed by atoms with Crippen molar-refractivity contribution in [1.82, 2.24) is 24.1 Å². The highest BCUT2D eigenvalue weighted by atomic mass is 15.3. The zero-order valence-corrected chi connectivity index (χ0v) is 31.1. The number of fused-ring (bicyclic) bond motifs is 7. The Bertz CT molecular complexity index is 3680. The number of hydrogen-bond donors (Lipinski definition) is 0. The summed E-state index contributed by atoms with van der Waals surface area (Å²) in [6.45, 7) is 0. The zero-order chi connectivity index (χ0) is 37.9. The van der Waals surface area contributed by atoms with E-state index in [1.165, 1.54) is 60.1 Å². The quantitative estimate of drug-likeness (QED) is 0.181. The van der Waals surface area contributed by atoms with E-state index in [2.05, 4.69) is 193 Å². The monoisotopic (exact) mass is 737 g/mol. The molecule has 0 amide bonds. The topological polar surface area (TPSA) is 48.0 Å². The highest BCUT2D eigenvalue weighted by Crippen LogP contribution is 2.50. The molecule has 5 nitrogen and oxygen atoms in total. The summed E-state index contributed by atoms with van der Waals surface area (Å²) in [6.07, 6.45) is 0. The summed E-state index contributed by atoms with van der Waals surface area (Å²) < 4.78 is 4.31. The van der Waals surface area contributed by atoms with Crippen LogP contribution in [0, 0.1) is 0 Å². The first kappa shape index (κ1) is 31.3. The summed E-state index contributed by atoms with van der Waals surface area (Å²) in [5.41, 5.74) is 14.5. The second-order valence-corrected chi connectivity index (χ2v) is 15.2. The minimum Gasteiger partial charge on any atom is -0.308 e. The predicted octanol–water partition coefficient (Wildman–Crippen LogP) is 13.3. The van der Waals surface area contributed by atoms with Gasteiger partial charge in [0.2, 0.25) is 0 Å². The molecule has 3 aromatic heterocycles. The largest absolute Gasteiger partial charge is 0.308 e. The first-order chi connectivity index (χ1) is 28.8. The van der Waals surface area contributed by atoms with Gasteiger partial charge in [-0.2, -0.15) is 9.50 Å². The number of benzene rings is 9. The molecule has 3 heterocycles. The molecule has 0 saturated carbocycles. The summed E-state index contributed by atoms with van der Waals surface area (Å²) >= 11 is 0. The Labute approximate surface area is 332 Å². The normalized spacial score (nSPS) is 12.1. The zero-order valence-electron chi connectivity index (χ0n) is 31.1. The Morgan fingerprint density at radius 2 is 0.966 bits per heavy atom. The van der Waals surface area contributed by atoms with Crippen molar-refractivity contribution in [2.75, 3.05) is 0 Å². The smallest absolute Gasteiger partial charge is 0.253 e. The lowest BCUT2D eigenvalue weighted by Gasteiger charge is -2.15. The first-order valence-corrected chi connectivity index (χ1v) is 19.7. The van der Waals surface area contributed by atoms with Crippen LogP contribution in [0.15, 0.2) is 188 Å². The fourth-order valence-electron chi connectivity index (χ4n) is 9.53. The Morgan fingerprint density at radius 1 is 0.362 bits per heavy atom. The standard InChI is InChI=1S/C53H31N5/c1-2-12-36-31-37(28-25-32(36)11-1)33-23-26-35(27-24-33)51-42-16-5-8-21-45(42)58-53(54-51)55-52(56-58)43-17-6-7-20-44(43)57-46-22-10-19-41-39-15-4-3-14-38(39)40-18-9-13-34-29-30-47(57)50(48(34)40)49(41)46/h1-31H. The van der Waals surface area contributed by atoms with Crippen LogP contribution in [0.3, 0.4) is 0 Å². The van der Waals surface area contributed by atoms with Crippen molar-refractivity contribution < 1.29 is 0 Å². The van der Waals surface area contributed by atoms with E-state index >= 15 is 0 Å². The average Bonchev–Trinajstić information content (AvgIpc) is 3.85. The van der Waals surface area contributed by atoms with Gasteiger partial charge in [-0.15, -0.1) is 5.10 Å². The second kappa shape index (κ2) is 11.8. The van der Waals surface area contributed by atoms with Crippen LogP contribution in [0.5, 0.6) is 0 Å². The third-order valence-electron chi connectivity index (χ3n) is 12.1. The summed E-state index contributed by atoms with van der Waals surface area (Å²) in [7, 11) is 0. The maximum Gasteiger partial charge on any atom is 0.253 e. The van der Waals surface area contributed by atoms with Crippen LogP contribution >= 0.6 is 0 Å².